The van der Waals surface area contributed by atoms with Gasteiger partial charge < -0.3 is 5.32 Å². The van der Waals surface area contributed by atoms with E-state index in [9.17, 15) is 0 Å². The van der Waals surface area contributed by atoms with Crippen LogP contribution in [-0.2, 0) is 6.54 Å². The van der Waals surface area contributed by atoms with Crippen LogP contribution < -0.4 is 5.32 Å². The lowest BCUT2D eigenvalue weighted by atomic mass is 10.1. The van der Waals surface area contributed by atoms with Crippen molar-refractivity contribution in [1.82, 2.24) is 15.1 Å². The number of thioether (sulfide) groups is 1. The second-order valence-corrected chi connectivity index (χ2v) is 6.44. The first-order valence-electron chi connectivity index (χ1n) is 6.84. The van der Waals surface area contributed by atoms with Crippen molar-refractivity contribution in [2.45, 2.75) is 50.9 Å². The normalized spacial score (nSPS) is 21.4. The van der Waals surface area contributed by atoms with Crippen LogP contribution in [-0.4, -0.2) is 27.3 Å². The van der Waals surface area contributed by atoms with Crippen LogP contribution in [0.25, 0.3) is 0 Å². The van der Waals surface area contributed by atoms with Crippen molar-refractivity contribution in [2.24, 2.45) is 0 Å². The Morgan fingerprint density at radius 1 is 1.61 bits per heavy atom. The predicted molar refractivity (Wildman–Crippen MR) is 79.4 cm³/mol. The number of rotatable bonds is 6. The highest BCUT2D eigenvalue weighted by Gasteiger charge is 2.30. The molecule has 1 aliphatic rings. The van der Waals surface area contributed by atoms with Crippen LogP contribution >= 0.6 is 23.4 Å². The monoisotopic (exact) mass is 287 g/mol. The molecular weight excluding hydrogens is 266 g/mol. The van der Waals surface area contributed by atoms with Crippen molar-refractivity contribution in [2.75, 3.05) is 12.3 Å². The zero-order valence-corrected chi connectivity index (χ0v) is 12.7. The van der Waals surface area contributed by atoms with E-state index in [4.69, 9.17) is 11.6 Å². The van der Waals surface area contributed by atoms with E-state index in [0.717, 1.165) is 24.5 Å². The lowest BCUT2D eigenvalue weighted by Crippen LogP contribution is -2.31. The summed E-state index contributed by atoms with van der Waals surface area (Å²) >= 11 is 8.42. The Hall–Kier alpha value is -0.190. The largest absolute Gasteiger partial charge is 0.308 e. The fourth-order valence-electron chi connectivity index (χ4n) is 2.56. The summed E-state index contributed by atoms with van der Waals surface area (Å²) in [7, 11) is 0. The lowest BCUT2D eigenvalue weighted by Gasteiger charge is -2.25. The van der Waals surface area contributed by atoms with Crippen molar-refractivity contribution >= 4 is 23.4 Å². The van der Waals surface area contributed by atoms with Crippen LogP contribution in [0.15, 0.2) is 6.20 Å². The van der Waals surface area contributed by atoms with Crippen LogP contribution in [0.1, 0.15) is 44.8 Å². The first-order valence-corrected chi connectivity index (χ1v) is 8.26. The molecule has 18 heavy (non-hydrogen) atoms. The summed E-state index contributed by atoms with van der Waals surface area (Å²) in [5.41, 5.74) is 1.18. The molecule has 2 heterocycles. The fraction of sp³-hybridized carbons (Fsp3) is 0.769. The van der Waals surface area contributed by atoms with E-state index in [-0.39, 0.29) is 0 Å². The summed E-state index contributed by atoms with van der Waals surface area (Å²) in [5, 5.41) is 9.46. The van der Waals surface area contributed by atoms with Gasteiger partial charge >= 0.3 is 0 Å². The minimum atomic E-state index is 0.337. The van der Waals surface area contributed by atoms with Gasteiger partial charge in [-0.2, -0.15) is 16.9 Å². The van der Waals surface area contributed by atoms with E-state index >= 15 is 0 Å². The van der Waals surface area contributed by atoms with Gasteiger partial charge in [-0.3, -0.25) is 4.68 Å². The number of hydrogen-bond donors (Lipinski definition) is 1. The SMILES string of the molecule is CCCn1ncc(Cl)c1C(NCC)C1CCCS1. The molecule has 0 aliphatic carbocycles. The smallest absolute Gasteiger partial charge is 0.0834 e. The second-order valence-electron chi connectivity index (χ2n) is 4.69. The number of hydrogen-bond acceptors (Lipinski definition) is 3. The van der Waals surface area contributed by atoms with Crippen LogP contribution in [0.2, 0.25) is 5.02 Å². The van der Waals surface area contributed by atoms with Gasteiger partial charge in [0.25, 0.3) is 0 Å². The van der Waals surface area contributed by atoms with E-state index in [1.165, 1.54) is 24.3 Å². The zero-order chi connectivity index (χ0) is 13.0. The summed E-state index contributed by atoms with van der Waals surface area (Å²) in [6.45, 7) is 6.24. The maximum Gasteiger partial charge on any atom is 0.0834 e. The van der Waals surface area contributed by atoms with Gasteiger partial charge in [0, 0.05) is 11.8 Å². The van der Waals surface area contributed by atoms with E-state index < -0.39 is 0 Å². The average Bonchev–Trinajstić information content (AvgIpc) is 2.98. The molecule has 0 amide bonds. The van der Waals surface area contributed by atoms with Gasteiger partial charge in [0.2, 0.25) is 0 Å². The summed E-state index contributed by atoms with van der Waals surface area (Å²) in [5.74, 6) is 1.27. The Balaban J connectivity index is 2.25. The van der Waals surface area contributed by atoms with Crippen molar-refractivity contribution in [3.8, 4) is 0 Å². The zero-order valence-electron chi connectivity index (χ0n) is 11.2. The molecule has 0 radical (unpaired) electrons. The van der Waals surface area contributed by atoms with Gasteiger partial charge in [-0.15, -0.1) is 0 Å². The molecule has 1 aromatic heterocycles. The molecule has 2 unspecified atom stereocenters. The molecule has 0 bridgehead atoms. The number of aryl methyl sites for hydroxylation is 1. The Bertz CT molecular complexity index is 374. The van der Waals surface area contributed by atoms with Crippen LogP contribution in [0.5, 0.6) is 0 Å². The van der Waals surface area contributed by atoms with Crippen molar-refractivity contribution in [1.29, 1.82) is 0 Å². The molecule has 1 aromatic rings. The van der Waals surface area contributed by atoms with Crippen molar-refractivity contribution in [3.05, 3.63) is 16.9 Å². The molecule has 102 valence electrons. The minimum Gasteiger partial charge on any atom is -0.308 e. The first-order chi connectivity index (χ1) is 8.77. The number of halogens is 1. The third-order valence-corrected chi connectivity index (χ3v) is 5.08. The second kappa shape index (κ2) is 6.83. The van der Waals surface area contributed by atoms with Gasteiger partial charge in [0.1, 0.15) is 0 Å². The fourth-order valence-corrected chi connectivity index (χ4v) is 4.21. The van der Waals surface area contributed by atoms with Crippen LogP contribution in [0.3, 0.4) is 0 Å². The van der Waals surface area contributed by atoms with Gasteiger partial charge in [-0.25, -0.2) is 0 Å². The van der Waals surface area contributed by atoms with Gasteiger partial charge in [-0.05, 0) is 31.6 Å². The maximum atomic E-state index is 6.36. The van der Waals surface area contributed by atoms with Crippen molar-refractivity contribution < 1.29 is 0 Å². The Morgan fingerprint density at radius 3 is 3.06 bits per heavy atom. The Morgan fingerprint density at radius 2 is 2.44 bits per heavy atom. The summed E-state index contributed by atoms with van der Waals surface area (Å²) in [6, 6.07) is 0.337. The molecule has 0 aromatic carbocycles. The third-order valence-electron chi connectivity index (χ3n) is 3.32. The molecule has 1 fully saturated rings. The number of aromatic nitrogens is 2. The number of nitrogens with zero attached hydrogens (tertiary/aromatic N) is 2. The molecule has 0 saturated carbocycles. The summed E-state index contributed by atoms with van der Waals surface area (Å²) in [6.07, 6.45) is 5.46. The Labute approximate surface area is 119 Å². The molecule has 1 saturated heterocycles. The average molecular weight is 288 g/mol. The molecule has 2 rings (SSSR count). The highest BCUT2D eigenvalue weighted by molar-refractivity contribution is 8.00. The lowest BCUT2D eigenvalue weighted by molar-refractivity contribution is 0.462. The predicted octanol–water partition coefficient (Wildman–Crippen LogP) is 3.49. The molecule has 2 atom stereocenters. The van der Waals surface area contributed by atoms with E-state index in [1.54, 1.807) is 6.20 Å². The summed E-state index contributed by atoms with van der Waals surface area (Å²) < 4.78 is 2.08. The standard InChI is InChI=1S/C13H22ClN3S/c1-3-7-17-13(10(14)9-16-17)12(15-4-2)11-6-5-8-18-11/h9,11-12,15H,3-8H2,1-2H3. The molecule has 1 N–H and O–H groups in total. The molecule has 3 nitrogen and oxygen atoms in total. The molecule has 1 aliphatic heterocycles. The molecule has 5 heteroatoms. The van der Waals surface area contributed by atoms with Gasteiger partial charge in [-0.1, -0.05) is 25.4 Å². The highest BCUT2D eigenvalue weighted by atomic mass is 35.5. The summed E-state index contributed by atoms with van der Waals surface area (Å²) in [4.78, 5) is 0. The highest BCUT2D eigenvalue weighted by Crippen LogP contribution is 2.38. The first kappa shape index (κ1) is 14.2. The van der Waals surface area contributed by atoms with E-state index in [1.807, 2.05) is 0 Å². The molecule has 0 spiro atoms. The quantitative estimate of drug-likeness (QED) is 0.868. The topological polar surface area (TPSA) is 29.9 Å². The van der Waals surface area contributed by atoms with Gasteiger partial charge in [0.05, 0.1) is 23.0 Å². The molecular formula is C13H22ClN3S. The van der Waals surface area contributed by atoms with Gasteiger partial charge in [0.15, 0.2) is 0 Å². The minimum absolute atomic E-state index is 0.337. The van der Waals surface area contributed by atoms with Crippen LogP contribution in [0, 0.1) is 0 Å². The van der Waals surface area contributed by atoms with E-state index in [2.05, 4.69) is 40.7 Å². The maximum absolute atomic E-state index is 6.36. The Kier molecular flexibility index (Phi) is 5.39. The number of nitrogens with one attached hydrogen (secondary N) is 1. The third kappa shape index (κ3) is 3.03. The van der Waals surface area contributed by atoms with Crippen molar-refractivity contribution in [3.63, 3.8) is 0 Å². The van der Waals surface area contributed by atoms with E-state index in [0.29, 0.717) is 11.3 Å². The van der Waals surface area contributed by atoms with Crippen LogP contribution in [0.4, 0.5) is 0 Å².